The van der Waals surface area contributed by atoms with Crippen LogP contribution in [0.2, 0.25) is 0 Å². The summed E-state index contributed by atoms with van der Waals surface area (Å²) in [7, 11) is 0. The first kappa shape index (κ1) is 33.1. The maximum atomic E-state index is 14.8. The number of allylic oxidation sites excluding steroid dienone is 1. The molecule has 236 valence electrons. The van der Waals surface area contributed by atoms with Gasteiger partial charge >= 0.3 is 5.97 Å². The molecule has 2 amide bonds. The van der Waals surface area contributed by atoms with Crippen molar-refractivity contribution < 1.29 is 24.2 Å². The predicted octanol–water partition coefficient (Wildman–Crippen LogP) is 5.06. The fraction of sp³-hybridized carbons (Fsp3) is 0.618. The molecule has 6 atom stereocenters. The van der Waals surface area contributed by atoms with E-state index in [9.17, 15) is 19.5 Å². The van der Waals surface area contributed by atoms with Crippen LogP contribution in [-0.2, 0) is 19.1 Å². The maximum Gasteiger partial charge on any atom is 0.310 e. The molecular weight excluding hydrogens is 562 g/mol. The minimum absolute atomic E-state index is 0.0720. The molecule has 2 unspecified atom stereocenters. The predicted molar refractivity (Wildman–Crippen MR) is 174 cm³/mol. The molecular formula is C34H49N3O5S. The lowest BCUT2D eigenvalue weighted by Gasteiger charge is -2.40. The number of thioether (sulfide) groups is 1. The van der Waals surface area contributed by atoms with Crippen molar-refractivity contribution in [3.8, 4) is 0 Å². The van der Waals surface area contributed by atoms with Crippen molar-refractivity contribution in [1.29, 1.82) is 0 Å². The maximum absolute atomic E-state index is 14.8. The van der Waals surface area contributed by atoms with Gasteiger partial charge < -0.3 is 24.5 Å². The number of benzene rings is 1. The van der Waals surface area contributed by atoms with Gasteiger partial charge in [-0.1, -0.05) is 26.0 Å². The summed E-state index contributed by atoms with van der Waals surface area (Å²) in [6, 6.07) is 6.61. The number of nitrogens with zero attached hydrogens (tertiary/aromatic N) is 3. The average molecular weight is 612 g/mol. The van der Waals surface area contributed by atoms with Crippen LogP contribution in [0.25, 0.3) is 0 Å². The quantitative estimate of drug-likeness (QED) is 0.159. The van der Waals surface area contributed by atoms with E-state index in [0.717, 1.165) is 37.3 Å². The van der Waals surface area contributed by atoms with Crippen molar-refractivity contribution in [2.24, 2.45) is 17.8 Å². The number of aliphatic hydroxyl groups is 1. The van der Waals surface area contributed by atoms with Crippen molar-refractivity contribution in [1.82, 2.24) is 4.90 Å². The second-order valence-electron chi connectivity index (χ2n) is 12.3. The summed E-state index contributed by atoms with van der Waals surface area (Å²) in [4.78, 5) is 48.4. The number of unbranched alkanes of at least 4 members (excludes halogenated alkanes) is 1. The number of fused-ring (bicyclic) bond motifs is 1. The Hall–Kier alpha value is -2.78. The second kappa shape index (κ2) is 14.3. The normalized spacial score (nSPS) is 26.4. The van der Waals surface area contributed by atoms with Gasteiger partial charge in [0.1, 0.15) is 6.04 Å². The highest BCUT2D eigenvalue weighted by Crippen LogP contribution is 2.67. The van der Waals surface area contributed by atoms with Gasteiger partial charge in [-0.3, -0.25) is 14.4 Å². The van der Waals surface area contributed by atoms with Crippen LogP contribution in [0.15, 0.2) is 49.6 Å². The summed E-state index contributed by atoms with van der Waals surface area (Å²) in [5.41, 5.74) is 1.81. The molecule has 1 aromatic rings. The molecule has 3 aliphatic heterocycles. The molecule has 1 spiro atoms. The summed E-state index contributed by atoms with van der Waals surface area (Å²) >= 11 is 1.62. The number of rotatable bonds is 16. The van der Waals surface area contributed by atoms with Gasteiger partial charge in [0.25, 0.3) is 5.91 Å². The van der Waals surface area contributed by atoms with Crippen molar-refractivity contribution in [2.75, 3.05) is 42.6 Å². The number of aliphatic hydroxyl groups excluding tert-OH is 1. The van der Waals surface area contributed by atoms with Crippen LogP contribution in [0, 0.1) is 17.8 Å². The van der Waals surface area contributed by atoms with Gasteiger partial charge in [-0.25, -0.2) is 0 Å². The standard InChI is InChI=1S/C34H49N3O5S/c1-7-11-12-20-42-33(41)28-27-17-18-34(43-27)29(28)31(39)37(26(22-38)21-23(5)6)30(34)32(40)36(19-8-2)25-15-13-24(14-16-25)35(9-3)10-4/h7-8,13-16,23,26-30,38H,1-2,9-12,17-22H2,3-6H3/t26-,27-,28+,29+,30?,34?/m1/s1. The molecule has 2 bridgehead atoms. The summed E-state index contributed by atoms with van der Waals surface area (Å²) in [6.45, 7) is 18.0. The van der Waals surface area contributed by atoms with E-state index in [2.05, 4.69) is 31.9 Å². The Morgan fingerprint density at radius 2 is 1.84 bits per heavy atom. The second-order valence-corrected chi connectivity index (χ2v) is 13.9. The number of esters is 1. The fourth-order valence-corrected chi connectivity index (χ4v) is 9.57. The molecule has 0 aliphatic carbocycles. The van der Waals surface area contributed by atoms with Gasteiger partial charge in [0, 0.05) is 36.3 Å². The SMILES string of the molecule is C=CCCCOC(=O)[C@@H]1[C@H]2C(=O)N([C@@H](CO)CC(C)C)C(C(=O)N(CC=C)c3ccc(N(CC)CC)cc3)C23CC[C@H]1S3. The van der Waals surface area contributed by atoms with Crippen LogP contribution in [0.5, 0.6) is 0 Å². The smallest absolute Gasteiger partial charge is 0.310 e. The van der Waals surface area contributed by atoms with Crippen molar-refractivity contribution in [3.63, 3.8) is 0 Å². The zero-order chi connectivity index (χ0) is 31.3. The highest BCUT2D eigenvalue weighted by molar-refractivity contribution is 8.02. The number of anilines is 2. The Labute approximate surface area is 261 Å². The molecule has 1 aromatic carbocycles. The third-order valence-electron chi connectivity index (χ3n) is 9.26. The summed E-state index contributed by atoms with van der Waals surface area (Å²) in [6.07, 6.45) is 6.88. The van der Waals surface area contributed by atoms with Crippen LogP contribution in [-0.4, -0.2) is 82.7 Å². The van der Waals surface area contributed by atoms with Gasteiger partial charge in [0.2, 0.25) is 5.91 Å². The molecule has 3 heterocycles. The number of likely N-dealkylation sites (tertiary alicyclic amines) is 1. The number of hydrogen-bond donors (Lipinski definition) is 1. The largest absolute Gasteiger partial charge is 0.465 e. The van der Waals surface area contributed by atoms with Crippen molar-refractivity contribution in [3.05, 3.63) is 49.6 Å². The van der Waals surface area contributed by atoms with Gasteiger partial charge in [-0.15, -0.1) is 24.9 Å². The monoisotopic (exact) mass is 611 g/mol. The van der Waals surface area contributed by atoms with Gasteiger partial charge in [0.05, 0.1) is 35.8 Å². The first-order valence-electron chi connectivity index (χ1n) is 15.8. The fourth-order valence-electron chi connectivity index (χ4n) is 7.38. The topological polar surface area (TPSA) is 90.4 Å². The number of carbonyl (C=O) groups excluding carboxylic acids is 3. The van der Waals surface area contributed by atoms with Gasteiger partial charge in [-0.2, -0.15) is 0 Å². The van der Waals surface area contributed by atoms with E-state index in [1.807, 2.05) is 38.1 Å². The first-order chi connectivity index (χ1) is 20.7. The number of carbonyl (C=O) groups is 3. The first-order valence-corrected chi connectivity index (χ1v) is 16.7. The van der Waals surface area contributed by atoms with Crippen LogP contribution in [0.1, 0.15) is 59.8 Å². The molecule has 1 N–H and O–H groups in total. The van der Waals surface area contributed by atoms with Gasteiger partial charge in [0.15, 0.2) is 0 Å². The van der Waals surface area contributed by atoms with Crippen LogP contribution < -0.4 is 9.80 Å². The molecule has 4 rings (SSSR count). The molecule has 9 heteroatoms. The van der Waals surface area contributed by atoms with Crippen molar-refractivity contribution in [2.45, 2.75) is 81.9 Å². The van der Waals surface area contributed by atoms with Crippen LogP contribution >= 0.6 is 11.8 Å². The molecule has 0 aromatic heterocycles. The molecule has 43 heavy (non-hydrogen) atoms. The highest BCUT2D eigenvalue weighted by Gasteiger charge is 2.74. The molecule has 3 aliphatic rings. The molecule has 3 saturated heterocycles. The van der Waals surface area contributed by atoms with E-state index in [0.29, 0.717) is 19.3 Å². The third-order valence-corrected chi connectivity index (χ3v) is 11.2. The lowest BCUT2D eigenvalue weighted by atomic mass is 9.71. The van der Waals surface area contributed by atoms with E-state index >= 15 is 0 Å². The lowest BCUT2D eigenvalue weighted by molar-refractivity contribution is -0.154. The Kier molecular flexibility index (Phi) is 11.0. The molecule has 0 radical (unpaired) electrons. The third kappa shape index (κ3) is 6.25. The zero-order valence-electron chi connectivity index (χ0n) is 26.2. The number of amides is 2. The Morgan fingerprint density at radius 3 is 2.42 bits per heavy atom. The number of ether oxygens (including phenoxy) is 1. The van der Waals surface area contributed by atoms with Crippen LogP contribution in [0.3, 0.4) is 0 Å². The van der Waals surface area contributed by atoms with Gasteiger partial charge in [-0.05, 0) is 76.1 Å². The van der Waals surface area contributed by atoms with Crippen LogP contribution in [0.4, 0.5) is 11.4 Å². The van der Waals surface area contributed by atoms with E-state index < -0.39 is 28.7 Å². The Morgan fingerprint density at radius 1 is 1.16 bits per heavy atom. The molecule has 8 nitrogen and oxygen atoms in total. The highest BCUT2D eigenvalue weighted by atomic mass is 32.2. The van der Waals surface area contributed by atoms with E-state index in [1.165, 1.54) is 0 Å². The summed E-state index contributed by atoms with van der Waals surface area (Å²) in [5, 5.41) is 10.5. The molecule has 0 saturated carbocycles. The van der Waals surface area contributed by atoms with E-state index in [-0.39, 0.29) is 48.7 Å². The molecule has 3 fully saturated rings. The van der Waals surface area contributed by atoms with E-state index in [1.54, 1.807) is 33.7 Å². The average Bonchev–Trinajstić information content (AvgIpc) is 3.65. The lowest BCUT2D eigenvalue weighted by Crippen LogP contribution is -2.57. The minimum atomic E-state index is -0.808. The van der Waals surface area contributed by atoms with Crippen molar-refractivity contribution >= 4 is 40.9 Å². The zero-order valence-corrected chi connectivity index (χ0v) is 27.1. The number of hydrogen-bond acceptors (Lipinski definition) is 7. The Balaban J connectivity index is 1.73. The summed E-state index contributed by atoms with van der Waals surface area (Å²) < 4.78 is 4.93. The minimum Gasteiger partial charge on any atom is -0.465 e. The Bertz CT molecular complexity index is 1170. The van der Waals surface area contributed by atoms with E-state index in [4.69, 9.17) is 4.74 Å². The summed E-state index contributed by atoms with van der Waals surface area (Å²) in [5.74, 6) is -1.82.